The fourth-order valence-corrected chi connectivity index (χ4v) is 3.78. The summed E-state index contributed by atoms with van der Waals surface area (Å²) in [5.41, 5.74) is 2.38. The Morgan fingerprint density at radius 3 is 2.42 bits per heavy atom. The topological polar surface area (TPSA) is 108 Å². The smallest absolute Gasteiger partial charge is 0.355 e. The fraction of sp³-hybridized carbons (Fsp3) is 0.292. The van der Waals surface area contributed by atoms with Crippen LogP contribution in [0.15, 0.2) is 59.8 Å². The van der Waals surface area contributed by atoms with Crippen LogP contribution in [0, 0.1) is 0 Å². The summed E-state index contributed by atoms with van der Waals surface area (Å²) in [5, 5.41) is 14.7. The van der Waals surface area contributed by atoms with Crippen LogP contribution in [0.3, 0.4) is 0 Å². The number of hydrogen-bond donors (Lipinski definition) is 1. The van der Waals surface area contributed by atoms with Gasteiger partial charge in [-0.2, -0.15) is 4.68 Å². The van der Waals surface area contributed by atoms with E-state index in [4.69, 9.17) is 9.47 Å². The van der Waals surface area contributed by atoms with Crippen molar-refractivity contribution >= 4 is 17.7 Å². The summed E-state index contributed by atoms with van der Waals surface area (Å²) in [5.74, 6) is -0.291. The van der Waals surface area contributed by atoms with Crippen LogP contribution in [0.4, 0.5) is 5.95 Å². The highest BCUT2D eigenvalue weighted by Gasteiger charge is 2.38. The minimum atomic E-state index is -0.738. The van der Waals surface area contributed by atoms with E-state index in [9.17, 15) is 9.59 Å². The van der Waals surface area contributed by atoms with Crippen LogP contribution in [0.1, 0.15) is 48.3 Å². The maximum Gasteiger partial charge on any atom is 0.355 e. The van der Waals surface area contributed by atoms with Gasteiger partial charge in [0.15, 0.2) is 5.78 Å². The van der Waals surface area contributed by atoms with E-state index in [-0.39, 0.29) is 28.4 Å². The maximum absolute atomic E-state index is 13.8. The first-order chi connectivity index (χ1) is 15.7. The van der Waals surface area contributed by atoms with E-state index < -0.39 is 12.0 Å². The van der Waals surface area contributed by atoms with Crippen molar-refractivity contribution in [1.82, 2.24) is 20.2 Å². The Hall–Kier alpha value is -4.01. The molecule has 1 aromatic heterocycles. The zero-order chi connectivity index (χ0) is 23.8. The van der Waals surface area contributed by atoms with Gasteiger partial charge in [0.2, 0.25) is 5.95 Å². The number of esters is 1. The molecule has 1 aliphatic rings. The van der Waals surface area contributed by atoms with E-state index in [1.54, 1.807) is 24.3 Å². The number of fused-ring (bicyclic) bond motifs is 1. The molecule has 1 atom stereocenters. The van der Waals surface area contributed by atoms with Gasteiger partial charge in [-0.05, 0) is 39.1 Å². The van der Waals surface area contributed by atoms with Crippen molar-refractivity contribution in [2.75, 3.05) is 19.5 Å². The van der Waals surface area contributed by atoms with E-state index in [0.29, 0.717) is 11.3 Å². The van der Waals surface area contributed by atoms with Crippen LogP contribution < -0.4 is 10.1 Å². The molecule has 33 heavy (non-hydrogen) atoms. The molecule has 0 bridgehead atoms. The molecule has 0 radical (unpaired) electrons. The Balaban J connectivity index is 1.91. The van der Waals surface area contributed by atoms with Crippen molar-refractivity contribution in [2.45, 2.75) is 32.2 Å². The normalized spacial score (nSPS) is 15.5. The van der Waals surface area contributed by atoms with Gasteiger partial charge in [0, 0.05) is 5.56 Å². The molecule has 0 aliphatic carbocycles. The number of anilines is 1. The monoisotopic (exact) mass is 447 g/mol. The number of tetrazole rings is 1. The summed E-state index contributed by atoms with van der Waals surface area (Å²) in [4.78, 5) is 26.5. The molecular formula is C24H25N5O4. The van der Waals surface area contributed by atoms with E-state index >= 15 is 0 Å². The minimum Gasteiger partial charge on any atom is -0.497 e. The molecule has 2 aromatic carbocycles. The van der Waals surface area contributed by atoms with Crippen LogP contribution in [0.25, 0.3) is 0 Å². The lowest BCUT2D eigenvalue weighted by Crippen LogP contribution is -2.33. The Labute approximate surface area is 191 Å². The van der Waals surface area contributed by atoms with Gasteiger partial charge in [-0.15, -0.1) is 0 Å². The van der Waals surface area contributed by atoms with E-state index in [1.165, 1.54) is 18.9 Å². The predicted octanol–water partition coefficient (Wildman–Crippen LogP) is 3.30. The molecule has 1 aliphatic heterocycles. The van der Waals surface area contributed by atoms with Crippen molar-refractivity contribution in [3.63, 3.8) is 0 Å². The number of hydrogen-bond acceptors (Lipinski definition) is 8. The van der Waals surface area contributed by atoms with Crippen molar-refractivity contribution in [3.05, 3.63) is 76.5 Å². The summed E-state index contributed by atoms with van der Waals surface area (Å²) in [6.45, 7) is 6.37. The summed E-state index contributed by atoms with van der Waals surface area (Å²) in [6, 6.07) is 13.9. The van der Waals surface area contributed by atoms with Gasteiger partial charge < -0.3 is 14.8 Å². The molecule has 9 heteroatoms. The molecule has 0 saturated carbocycles. The zero-order valence-electron chi connectivity index (χ0n) is 19.1. The number of nitrogens with one attached hydrogen (secondary N) is 1. The van der Waals surface area contributed by atoms with Crippen molar-refractivity contribution < 1.29 is 19.1 Å². The van der Waals surface area contributed by atoms with E-state index in [2.05, 4.69) is 41.6 Å². The summed E-state index contributed by atoms with van der Waals surface area (Å²) in [7, 11) is 2.78. The van der Waals surface area contributed by atoms with Gasteiger partial charge in [0.1, 0.15) is 17.5 Å². The van der Waals surface area contributed by atoms with E-state index in [1.807, 2.05) is 24.3 Å². The third kappa shape index (κ3) is 4.09. The number of ether oxygens (including phenoxy) is 2. The molecule has 0 spiro atoms. The number of carbonyl (C=O) groups excluding carboxylic acids is 2. The molecule has 4 rings (SSSR count). The number of methoxy groups -OCH3 is 2. The number of Topliss-reactive ketones (excluding diaryl/α,β-unsaturated/α-hetero) is 1. The minimum absolute atomic E-state index is 0.00230. The lowest BCUT2D eigenvalue weighted by molar-refractivity contribution is -0.136. The standard InChI is InChI=1S/C24H25N5O4/c1-24(2,3)16-11-9-14(10-12-16)20-18(21(30)15-7-6-8-17(13-15)32-4)19(22(31)33-5)25-23-26-27-28-29(20)23/h6-13,20H,1-5H3,(H,25,26,28)/t20-/m0/s1. The fourth-order valence-electron chi connectivity index (χ4n) is 3.78. The predicted molar refractivity (Wildman–Crippen MR) is 121 cm³/mol. The summed E-state index contributed by atoms with van der Waals surface area (Å²) < 4.78 is 11.7. The highest BCUT2D eigenvalue weighted by Crippen LogP contribution is 2.37. The molecule has 170 valence electrons. The van der Waals surface area contributed by atoms with Crippen molar-refractivity contribution in [3.8, 4) is 5.75 Å². The van der Waals surface area contributed by atoms with Crippen LogP contribution in [0.2, 0.25) is 0 Å². The summed E-state index contributed by atoms with van der Waals surface area (Å²) >= 11 is 0. The van der Waals surface area contributed by atoms with Gasteiger partial charge in [-0.1, -0.05) is 62.3 Å². The van der Waals surface area contributed by atoms with Crippen LogP contribution in [-0.2, 0) is 14.9 Å². The molecule has 0 saturated heterocycles. The highest BCUT2D eigenvalue weighted by molar-refractivity contribution is 6.15. The van der Waals surface area contributed by atoms with Crippen LogP contribution in [0.5, 0.6) is 5.75 Å². The Morgan fingerprint density at radius 1 is 1.06 bits per heavy atom. The lowest BCUT2D eigenvalue weighted by Gasteiger charge is -2.28. The van der Waals surface area contributed by atoms with Crippen LogP contribution >= 0.6 is 0 Å². The maximum atomic E-state index is 13.8. The SMILES string of the molecule is COC(=O)C1=C(C(=O)c2cccc(OC)c2)[C@H](c2ccc(C(C)(C)C)cc2)n2nnnc2N1. The van der Waals surface area contributed by atoms with Gasteiger partial charge >= 0.3 is 5.97 Å². The third-order valence-corrected chi connectivity index (χ3v) is 5.58. The first-order valence-electron chi connectivity index (χ1n) is 10.4. The van der Waals surface area contributed by atoms with Gasteiger partial charge in [-0.25, -0.2) is 4.79 Å². The molecule has 0 fully saturated rings. The quantitative estimate of drug-likeness (QED) is 0.469. The molecular weight excluding hydrogens is 422 g/mol. The van der Waals surface area contributed by atoms with Gasteiger partial charge in [0.05, 0.1) is 19.8 Å². The van der Waals surface area contributed by atoms with Crippen molar-refractivity contribution in [1.29, 1.82) is 0 Å². The summed E-state index contributed by atoms with van der Waals surface area (Å²) in [6.07, 6.45) is 0. The molecule has 2 heterocycles. The van der Waals surface area contributed by atoms with Gasteiger partial charge in [-0.3, -0.25) is 4.79 Å². The number of aromatic nitrogens is 4. The number of nitrogens with zero attached hydrogens (tertiary/aromatic N) is 4. The Bertz CT molecular complexity index is 1240. The Kier molecular flexibility index (Phi) is 5.71. The first kappa shape index (κ1) is 22.2. The average molecular weight is 447 g/mol. The average Bonchev–Trinajstić information content (AvgIpc) is 3.30. The van der Waals surface area contributed by atoms with Crippen LogP contribution in [-0.4, -0.2) is 46.2 Å². The Morgan fingerprint density at radius 2 is 1.79 bits per heavy atom. The van der Waals surface area contributed by atoms with Gasteiger partial charge in [0.25, 0.3) is 0 Å². The number of allylic oxidation sites excluding steroid dienone is 1. The second-order valence-electron chi connectivity index (χ2n) is 8.69. The number of ketones is 1. The second-order valence-corrected chi connectivity index (χ2v) is 8.69. The van der Waals surface area contributed by atoms with Crippen molar-refractivity contribution in [2.24, 2.45) is 0 Å². The molecule has 9 nitrogen and oxygen atoms in total. The largest absolute Gasteiger partial charge is 0.497 e. The third-order valence-electron chi connectivity index (χ3n) is 5.58. The lowest BCUT2D eigenvalue weighted by atomic mass is 9.84. The number of benzene rings is 2. The van der Waals surface area contributed by atoms with E-state index in [0.717, 1.165) is 11.1 Å². The highest BCUT2D eigenvalue weighted by atomic mass is 16.5. The molecule has 3 aromatic rings. The number of carbonyl (C=O) groups is 2. The molecule has 0 amide bonds. The molecule has 0 unspecified atom stereocenters. The molecule has 1 N–H and O–H groups in total. The first-order valence-corrected chi connectivity index (χ1v) is 10.4. The zero-order valence-corrected chi connectivity index (χ0v) is 19.1. The second kappa shape index (κ2) is 8.50. The number of rotatable bonds is 5.